The molecule has 0 spiro atoms. The van der Waals surface area contributed by atoms with Crippen molar-refractivity contribution in [1.29, 1.82) is 0 Å². The number of aryl methyl sites for hydroxylation is 1. The summed E-state index contributed by atoms with van der Waals surface area (Å²) in [4.78, 5) is 9.14. The molecule has 4 rings (SSSR count). The molecule has 0 aliphatic carbocycles. The van der Waals surface area contributed by atoms with Gasteiger partial charge in [-0.15, -0.1) is 24.0 Å². The van der Waals surface area contributed by atoms with Crippen molar-refractivity contribution in [2.75, 3.05) is 26.4 Å². The minimum Gasteiger partial charge on any atom is -0.493 e. The number of halogens is 1. The summed E-state index contributed by atoms with van der Waals surface area (Å²) in [5.41, 5.74) is 3.23. The van der Waals surface area contributed by atoms with E-state index >= 15 is 0 Å². The Morgan fingerprint density at radius 3 is 2.79 bits per heavy atom. The van der Waals surface area contributed by atoms with Gasteiger partial charge in [-0.1, -0.05) is 42.5 Å². The largest absolute Gasteiger partial charge is 0.493 e. The van der Waals surface area contributed by atoms with E-state index in [4.69, 9.17) is 18.9 Å². The third-order valence-electron chi connectivity index (χ3n) is 5.49. The van der Waals surface area contributed by atoms with Crippen molar-refractivity contribution in [2.45, 2.75) is 33.4 Å². The number of benzene rings is 2. The molecule has 34 heavy (non-hydrogen) atoms. The van der Waals surface area contributed by atoms with E-state index in [1.54, 1.807) is 6.20 Å². The van der Waals surface area contributed by atoms with Crippen molar-refractivity contribution in [1.82, 2.24) is 15.6 Å². The maximum Gasteiger partial charge on any atom is 0.214 e. The molecule has 2 aromatic carbocycles. The molecule has 1 saturated heterocycles. The van der Waals surface area contributed by atoms with Crippen molar-refractivity contribution in [2.24, 2.45) is 10.9 Å². The van der Waals surface area contributed by atoms with Crippen LogP contribution in [0.4, 0.5) is 0 Å². The van der Waals surface area contributed by atoms with Gasteiger partial charge in [0.2, 0.25) is 5.89 Å². The Hall–Kier alpha value is -2.59. The second-order valence-corrected chi connectivity index (χ2v) is 8.18. The van der Waals surface area contributed by atoms with Gasteiger partial charge in [-0.05, 0) is 31.9 Å². The minimum atomic E-state index is 0. The van der Waals surface area contributed by atoms with Crippen LogP contribution in [0.15, 0.2) is 64.1 Å². The molecule has 1 atom stereocenters. The smallest absolute Gasteiger partial charge is 0.214 e. The van der Waals surface area contributed by atoms with Gasteiger partial charge in [0.25, 0.3) is 0 Å². The summed E-state index contributed by atoms with van der Waals surface area (Å²) in [5, 5.41) is 6.59. The van der Waals surface area contributed by atoms with Gasteiger partial charge >= 0.3 is 0 Å². The first-order valence-electron chi connectivity index (χ1n) is 11.5. The monoisotopic (exact) mass is 576 g/mol. The van der Waals surface area contributed by atoms with E-state index in [1.807, 2.05) is 37.3 Å². The van der Waals surface area contributed by atoms with Crippen LogP contribution in [-0.4, -0.2) is 37.3 Å². The van der Waals surface area contributed by atoms with Gasteiger partial charge in [0.1, 0.15) is 5.75 Å². The van der Waals surface area contributed by atoms with Crippen molar-refractivity contribution in [3.05, 3.63) is 71.7 Å². The van der Waals surface area contributed by atoms with Crippen LogP contribution in [-0.2, 0) is 17.8 Å². The maximum atomic E-state index is 6.15. The summed E-state index contributed by atoms with van der Waals surface area (Å²) in [7, 11) is 0. The zero-order chi connectivity index (χ0) is 22.9. The molecular weight excluding hydrogens is 543 g/mol. The molecule has 0 amide bonds. The highest BCUT2D eigenvalue weighted by atomic mass is 127. The summed E-state index contributed by atoms with van der Waals surface area (Å²) in [6.07, 6.45) is 2.81. The summed E-state index contributed by atoms with van der Waals surface area (Å²) in [5.74, 6) is 3.41. The number of nitrogens with one attached hydrogen (secondary N) is 2. The van der Waals surface area contributed by atoms with E-state index < -0.39 is 0 Å². The van der Waals surface area contributed by atoms with Crippen LogP contribution in [0.25, 0.3) is 11.3 Å². The first kappa shape index (κ1) is 26.0. The predicted molar refractivity (Wildman–Crippen MR) is 145 cm³/mol. The van der Waals surface area contributed by atoms with E-state index in [2.05, 4.69) is 40.7 Å². The Labute approximate surface area is 218 Å². The molecule has 7 nitrogen and oxygen atoms in total. The lowest BCUT2D eigenvalue weighted by molar-refractivity contribution is 0.166. The van der Waals surface area contributed by atoms with Gasteiger partial charge in [-0.3, -0.25) is 0 Å². The van der Waals surface area contributed by atoms with Crippen LogP contribution < -0.4 is 15.4 Å². The lowest BCUT2D eigenvalue weighted by Crippen LogP contribution is -2.36. The zero-order valence-corrected chi connectivity index (χ0v) is 22.1. The molecule has 2 heterocycles. The molecule has 0 radical (unpaired) electrons. The fourth-order valence-electron chi connectivity index (χ4n) is 3.64. The van der Waals surface area contributed by atoms with Crippen molar-refractivity contribution < 1.29 is 13.9 Å². The Kier molecular flexibility index (Phi) is 10.2. The Balaban J connectivity index is 0.00000324. The number of aliphatic imine (C=N–C) groups is 1. The molecule has 182 valence electrons. The normalized spacial score (nSPS) is 15.6. The fourth-order valence-corrected chi connectivity index (χ4v) is 3.64. The first-order chi connectivity index (χ1) is 16.2. The molecule has 3 aromatic rings. The third kappa shape index (κ3) is 7.46. The number of ether oxygens (including phenoxy) is 2. The van der Waals surface area contributed by atoms with Crippen LogP contribution in [0.2, 0.25) is 0 Å². The number of hydrogen-bond donors (Lipinski definition) is 2. The molecule has 8 heteroatoms. The van der Waals surface area contributed by atoms with Crippen LogP contribution in [0.5, 0.6) is 5.75 Å². The molecule has 1 unspecified atom stereocenters. The lowest BCUT2D eigenvalue weighted by atomic mass is 10.1. The van der Waals surface area contributed by atoms with Gasteiger partial charge in [0.05, 0.1) is 32.5 Å². The molecular formula is C26H33IN4O3. The van der Waals surface area contributed by atoms with E-state index in [0.29, 0.717) is 37.5 Å². The summed E-state index contributed by atoms with van der Waals surface area (Å²) >= 11 is 0. The molecule has 0 saturated carbocycles. The molecule has 1 fully saturated rings. The maximum absolute atomic E-state index is 6.15. The van der Waals surface area contributed by atoms with Crippen LogP contribution >= 0.6 is 24.0 Å². The van der Waals surface area contributed by atoms with E-state index in [0.717, 1.165) is 48.8 Å². The molecule has 1 aliphatic rings. The second-order valence-electron chi connectivity index (χ2n) is 8.18. The fraction of sp³-hybridized carbons (Fsp3) is 0.385. The number of rotatable bonds is 9. The van der Waals surface area contributed by atoms with E-state index in [1.165, 1.54) is 5.56 Å². The highest BCUT2D eigenvalue weighted by Gasteiger charge is 2.17. The third-order valence-corrected chi connectivity index (χ3v) is 5.49. The van der Waals surface area contributed by atoms with E-state index in [-0.39, 0.29) is 24.0 Å². The quantitative estimate of drug-likeness (QED) is 0.214. The number of guanidine groups is 1. The summed E-state index contributed by atoms with van der Waals surface area (Å²) in [6.45, 7) is 8.10. The Bertz CT molecular complexity index is 1050. The molecule has 1 aliphatic heterocycles. The average Bonchev–Trinajstić information content (AvgIpc) is 3.53. The number of hydrogen-bond acceptors (Lipinski definition) is 5. The van der Waals surface area contributed by atoms with Gasteiger partial charge in [0, 0.05) is 30.2 Å². The Morgan fingerprint density at radius 2 is 2.03 bits per heavy atom. The number of oxazole rings is 1. The standard InChI is InChI=1S/C26H32N4O3.HI/c1-3-27-26(30-16-25-28-15-24(33-25)21-7-5-4-6-8-21)29-14-22-10-9-19(2)13-23(22)32-18-20-11-12-31-17-20;/h4-10,13,15,20H,3,11-12,14,16-18H2,1-2H3,(H2,27,29,30);1H. The van der Waals surface area contributed by atoms with Crippen LogP contribution in [0.3, 0.4) is 0 Å². The lowest BCUT2D eigenvalue weighted by Gasteiger charge is -2.15. The van der Waals surface area contributed by atoms with Gasteiger partial charge < -0.3 is 24.5 Å². The van der Waals surface area contributed by atoms with Gasteiger partial charge in [-0.25, -0.2) is 9.98 Å². The van der Waals surface area contributed by atoms with Crippen LogP contribution in [0.1, 0.15) is 30.4 Å². The van der Waals surface area contributed by atoms with Gasteiger partial charge in [-0.2, -0.15) is 0 Å². The Morgan fingerprint density at radius 1 is 1.18 bits per heavy atom. The summed E-state index contributed by atoms with van der Waals surface area (Å²) in [6, 6.07) is 16.2. The van der Waals surface area contributed by atoms with E-state index in [9.17, 15) is 0 Å². The number of nitrogens with zero attached hydrogens (tertiary/aromatic N) is 2. The molecule has 0 bridgehead atoms. The second kappa shape index (κ2) is 13.3. The van der Waals surface area contributed by atoms with Gasteiger partial charge in [0.15, 0.2) is 11.7 Å². The SMILES string of the molecule is CCNC(=NCc1ccc(C)cc1OCC1CCOC1)NCc1ncc(-c2ccccc2)o1.I. The first-order valence-corrected chi connectivity index (χ1v) is 11.5. The molecule has 1 aromatic heterocycles. The predicted octanol–water partition coefficient (Wildman–Crippen LogP) is 4.94. The zero-order valence-electron chi connectivity index (χ0n) is 19.8. The van der Waals surface area contributed by atoms with Crippen molar-refractivity contribution >= 4 is 29.9 Å². The van der Waals surface area contributed by atoms with Crippen molar-refractivity contribution in [3.63, 3.8) is 0 Å². The van der Waals surface area contributed by atoms with Crippen LogP contribution in [0, 0.1) is 12.8 Å². The van der Waals surface area contributed by atoms with Crippen molar-refractivity contribution in [3.8, 4) is 17.1 Å². The molecule has 2 N–H and O–H groups in total. The topological polar surface area (TPSA) is 80.9 Å². The average molecular weight is 576 g/mol. The highest BCUT2D eigenvalue weighted by molar-refractivity contribution is 14.0. The number of aromatic nitrogens is 1. The minimum absolute atomic E-state index is 0. The highest BCUT2D eigenvalue weighted by Crippen LogP contribution is 2.24. The summed E-state index contributed by atoms with van der Waals surface area (Å²) < 4.78 is 17.5.